The number of hydrogen-bond donors (Lipinski definition) is 2. The molecule has 2 rings (SSSR count). The molecule has 1 aliphatic heterocycles. The van der Waals surface area contributed by atoms with Crippen molar-refractivity contribution in [2.45, 2.75) is 19.9 Å². The first-order valence-corrected chi connectivity index (χ1v) is 6.92. The van der Waals surface area contributed by atoms with Crippen LogP contribution in [0.3, 0.4) is 0 Å². The molecule has 21 heavy (non-hydrogen) atoms. The van der Waals surface area contributed by atoms with Crippen molar-refractivity contribution in [2.24, 2.45) is 11.8 Å². The van der Waals surface area contributed by atoms with Gasteiger partial charge >= 0.3 is 12.0 Å². The van der Waals surface area contributed by atoms with E-state index in [9.17, 15) is 14.0 Å². The SMILES string of the molecule is CC(NC(=O)N1CC(C)C(C(=O)O)C1)c1ccc(F)cc1. The molecule has 3 atom stereocenters. The summed E-state index contributed by atoms with van der Waals surface area (Å²) in [6.07, 6.45) is 0. The van der Waals surface area contributed by atoms with Crippen LogP contribution in [0.25, 0.3) is 0 Å². The number of likely N-dealkylation sites (tertiary alicyclic amines) is 1. The minimum Gasteiger partial charge on any atom is -0.481 e. The molecular weight excluding hydrogens is 275 g/mol. The van der Waals surface area contributed by atoms with Gasteiger partial charge in [-0.05, 0) is 30.5 Å². The van der Waals surface area contributed by atoms with Gasteiger partial charge in [-0.2, -0.15) is 0 Å². The quantitative estimate of drug-likeness (QED) is 0.898. The van der Waals surface area contributed by atoms with Crippen molar-refractivity contribution in [2.75, 3.05) is 13.1 Å². The van der Waals surface area contributed by atoms with Gasteiger partial charge in [0, 0.05) is 13.1 Å². The zero-order chi connectivity index (χ0) is 15.6. The number of carboxylic acids is 1. The zero-order valence-corrected chi connectivity index (χ0v) is 12.0. The molecule has 0 aliphatic carbocycles. The summed E-state index contributed by atoms with van der Waals surface area (Å²) >= 11 is 0. The molecule has 1 aromatic carbocycles. The Morgan fingerprint density at radius 2 is 1.95 bits per heavy atom. The summed E-state index contributed by atoms with van der Waals surface area (Å²) in [5.41, 5.74) is 0.798. The lowest BCUT2D eigenvalue weighted by molar-refractivity contribution is -0.142. The number of carboxylic acid groups (broad SMARTS) is 1. The topological polar surface area (TPSA) is 69.6 Å². The van der Waals surface area contributed by atoms with E-state index < -0.39 is 11.9 Å². The molecule has 2 N–H and O–H groups in total. The number of rotatable bonds is 3. The minimum absolute atomic E-state index is 0.0608. The minimum atomic E-state index is -0.871. The molecule has 114 valence electrons. The van der Waals surface area contributed by atoms with Crippen LogP contribution in [0.1, 0.15) is 25.5 Å². The number of nitrogens with zero attached hydrogens (tertiary/aromatic N) is 1. The first-order chi connectivity index (χ1) is 9.88. The molecule has 5 nitrogen and oxygen atoms in total. The molecule has 3 unspecified atom stereocenters. The van der Waals surface area contributed by atoms with Crippen LogP contribution >= 0.6 is 0 Å². The molecule has 1 fully saturated rings. The molecule has 0 saturated carbocycles. The van der Waals surface area contributed by atoms with Gasteiger partial charge in [-0.15, -0.1) is 0 Å². The second kappa shape index (κ2) is 6.11. The predicted octanol–water partition coefficient (Wildman–Crippen LogP) is 2.25. The molecule has 0 radical (unpaired) electrons. The first kappa shape index (κ1) is 15.3. The highest BCUT2D eigenvalue weighted by Gasteiger charge is 2.37. The molecule has 0 spiro atoms. The van der Waals surface area contributed by atoms with E-state index in [1.165, 1.54) is 17.0 Å². The largest absolute Gasteiger partial charge is 0.481 e. The average Bonchev–Trinajstić information content (AvgIpc) is 2.81. The third kappa shape index (κ3) is 3.51. The lowest BCUT2D eigenvalue weighted by Gasteiger charge is -2.21. The Morgan fingerprint density at radius 3 is 2.48 bits per heavy atom. The van der Waals surface area contributed by atoms with Crippen molar-refractivity contribution in [3.05, 3.63) is 35.6 Å². The Kier molecular flexibility index (Phi) is 4.45. The van der Waals surface area contributed by atoms with Crippen molar-refractivity contribution in [3.8, 4) is 0 Å². The Labute approximate surface area is 122 Å². The fourth-order valence-electron chi connectivity index (χ4n) is 2.57. The molecule has 1 heterocycles. The number of urea groups is 1. The third-order valence-corrected chi connectivity index (χ3v) is 3.93. The molecule has 1 saturated heterocycles. The van der Waals surface area contributed by atoms with Crippen molar-refractivity contribution in [1.82, 2.24) is 10.2 Å². The van der Waals surface area contributed by atoms with Crippen LogP contribution in [-0.2, 0) is 4.79 Å². The Bertz CT molecular complexity index is 532. The maximum atomic E-state index is 12.9. The van der Waals surface area contributed by atoms with Gasteiger partial charge in [0.25, 0.3) is 0 Å². The maximum Gasteiger partial charge on any atom is 0.317 e. The predicted molar refractivity (Wildman–Crippen MR) is 75.2 cm³/mol. The van der Waals surface area contributed by atoms with Crippen LogP contribution < -0.4 is 5.32 Å². The summed E-state index contributed by atoms with van der Waals surface area (Å²) in [5.74, 6) is -1.77. The van der Waals surface area contributed by atoms with E-state index >= 15 is 0 Å². The number of carbonyl (C=O) groups is 2. The van der Waals surface area contributed by atoms with Crippen LogP contribution in [0.15, 0.2) is 24.3 Å². The van der Waals surface area contributed by atoms with E-state index in [1.54, 1.807) is 19.1 Å². The van der Waals surface area contributed by atoms with E-state index in [2.05, 4.69) is 5.32 Å². The van der Waals surface area contributed by atoms with Crippen LogP contribution in [0.2, 0.25) is 0 Å². The molecule has 2 amide bonds. The van der Waals surface area contributed by atoms with Gasteiger partial charge in [0.15, 0.2) is 0 Å². The van der Waals surface area contributed by atoms with Gasteiger partial charge in [0.1, 0.15) is 5.82 Å². The highest BCUT2D eigenvalue weighted by atomic mass is 19.1. The highest BCUT2D eigenvalue weighted by Crippen LogP contribution is 2.23. The molecule has 6 heteroatoms. The molecule has 1 aromatic rings. The number of halogens is 1. The summed E-state index contributed by atoms with van der Waals surface area (Å²) in [6, 6.07) is 5.37. The molecule has 1 aliphatic rings. The average molecular weight is 294 g/mol. The normalized spacial score (nSPS) is 22.9. The third-order valence-electron chi connectivity index (χ3n) is 3.93. The number of hydrogen-bond acceptors (Lipinski definition) is 2. The zero-order valence-electron chi connectivity index (χ0n) is 12.0. The summed E-state index contributed by atoms with van der Waals surface area (Å²) in [4.78, 5) is 24.7. The van der Waals surface area contributed by atoms with E-state index in [1.807, 2.05) is 6.92 Å². The van der Waals surface area contributed by atoms with Crippen LogP contribution in [0, 0.1) is 17.7 Å². The summed E-state index contributed by atoms with van der Waals surface area (Å²) in [5, 5.41) is 11.9. The van der Waals surface area contributed by atoms with E-state index in [0.717, 1.165) is 5.56 Å². The van der Waals surface area contributed by atoms with E-state index in [4.69, 9.17) is 5.11 Å². The maximum absolute atomic E-state index is 12.9. The van der Waals surface area contributed by atoms with E-state index in [-0.39, 0.29) is 30.4 Å². The van der Waals surface area contributed by atoms with Crippen molar-refractivity contribution < 1.29 is 19.1 Å². The molecule has 0 aromatic heterocycles. The number of aliphatic carboxylic acids is 1. The summed E-state index contributed by atoms with van der Waals surface area (Å²) in [6.45, 7) is 4.28. The number of amides is 2. The fraction of sp³-hybridized carbons (Fsp3) is 0.467. The second-order valence-electron chi connectivity index (χ2n) is 5.55. The lowest BCUT2D eigenvalue weighted by atomic mass is 9.99. The van der Waals surface area contributed by atoms with Gasteiger partial charge < -0.3 is 15.3 Å². The van der Waals surface area contributed by atoms with Gasteiger partial charge in [-0.1, -0.05) is 19.1 Å². The van der Waals surface area contributed by atoms with Crippen LogP contribution in [0.5, 0.6) is 0 Å². The Balaban J connectivity index is 1.95. The fourth-order valence-corrected chi connectivity index (χ4v) is 2.57. The van der Waals surface area contributed by atoms with Crippen molar-refractivity contribution in [1.29, 1.82) is 0 Å². The summed E-state index contributed by atoms with van der Waals surface area (Å²) in [7, 11) is 0. The van der Waals surface area contributed by atoms with Crippen LogP contribution in [0.4, 0.5) is 9.18 Å². The van der Waals surface area contributed by atoms with Gasteiger partial charge in [0.05, 0.1) is 12.0 Å². The van der Waals surface area contributed by atoms with Gasteiger partial charge in [-0.3, -0.25) is 4.79 Å². The number of carbonyl (C=O) groups excluding carboxylic acids is 1. The van der Waals surface area contributed by atoms with Crippen molar-refractivity contribution >= 4 is 12.0 Å². The second-order valence-corrected chi connectivity index (χ2v) is 5.55. The Hall–Kier alpha value is -2.11. The van der Waals surface area contributed by atoms with Gasteiger partial charge in [0.2, 0.25) is 0 Å². The first-order valence-electron chi connectivity index (χ1n) is 6.92. The van der Waals surface area contributed by atoms with Crippen molar-refractivity contribution in [3.63, 3.8) is 0 Å². The van der Waals surface area contributed by atoms with E-state index in [0.29, 0.717) is 6.54 Å². The Morgan fingerprint density at radius 1 is 1.33 bits per heavy atom. The number of nitrogens with one attached hydrogen (secondary N) is 1. The standard InChI is InChI=1S/C15H19FN2O3/c1-9-7-18(8-13(9)14(19)20)15(21)17-10(2)11-3-5-12(16)6-4-11/h3-6,9-10,13H,7-8H2,1-2H3,(H,17,21)(H,19,20). The highest BCUT2D eigenvalue weighted by molar-refractivity contribution is 5.78. The summed E-state index contributed by atoms with van der Waals surface area (Å²) < 4.78 is 12.9. The van der Waals surface area contributed by atoms with Crippen LogP contribution in [-0.4, -0.2) is 35.1 Å². The number of benzene rings is 1. The molecule has 0 bridgehead atoms. The smallest absolute Gasteiger partial charge is 0.317 e. The molecular formula is C15H19FN2O3. The lowest BCUT2D eigenvalue weighted by Crippen LogP contribution is -2.40. The monoisotopic (exact) mass is 294 g/mol. The van der Waals surface area contributed by atoms with Gasteiger partial charge in [-0.25, -0.2) is 9.18 Å².